The Morgan fingerprint density at radius 2 is 2.08 bits per heavy atom. The van der Waals surface area contributed by atoms with Crippen molar-refractivity contribution >= 4 is 11.4 Å². The fourth-order valence-electron chi connectivity index (χ4n) is 3.35. The van der Waals surface area contributed by atoms with E-state index in [2.05, 4.69) is 33.2 Å². The van der Waals surface area contributed by atoms with Crippen LogP contribution in [-0.2, 0) is 6.54 Å². The summed E-state index contributed by atoms with van der Waals surface area (Å²) < 4.78 is 3.82. The first-order valence-corrected chi connectivity index (χ1v) is 8.69. The van der Waals surface area contributed by atoms with Crippen molar-refractivity contribution in [2.45, 2.75) is 40.2 Å². The minimum absolute atomic E-state index is 0.0569. The first-order chi connectivity index (χ1) is 12.0. The predicted octanol–water partition coefficient (Wildman–Crippen LogP) is 2.67. The second-order valence-corrected chi connectivity index (χ2v) is 7.36. The number of fused-ring (bicyclic) bond motifs is 1. The molecule has 25 heavy (non-hydrogen) atoms. The van der Waals surface area contributed by atoms with E-state index in [4.69, 9.17) is 0 Å². The number of aryl methyl sites for hydroxylation is 3. The summed E-state index contributed by atoms with van der Waals surface area (Å²) in [5, 5.41) is 11.9. The summed E-state index contributed by atoms with van der Waals surface area (Å²) in [5.74, 6) is -0.0569. The zero-order valence-corrected chi connectivity index (χ0v) is 14.9. The summed E-state index contributed by atoms with van der Waals surface area (Å²) in [6.07, 6.45) is 5.82. The average molecular weight is 337 g/mol. The molecule has 3 heterocycles. The molecular weight excluding hydrogens is 314 g/mol. The van der Waals surface area contributed by atoms with Gasteiger partial charge in [-0.25, -0.2) is 4.52 Å². The molecular formula is C19H23N5O. The molecule has 6 heteroatoms. The van der Waals surface area contributed by atoms with Gasteiger partial charge < -0.3 is 5.32 Å². The number of pyridine rings is 1. The Morgan fingerprint density at radius 1 is 1.28 bits per heavy atom. The number of hydrogen-bond acceptors (Lipinski definition) is 3. The summed E-state index contributed by atoms with van der Waals surface area (Å²) in [5.41, 5.74) is 4.93. The van der Waals surface area contributed by atoms with Crippen LogP contribution in [0.5, 0.6) is 0 Å². The molecule has 0 radical (unpaired) electrons. The van der Waals surface area contributed by atoms with Gasteiger partial charge in [-0.05, 0) is 51.3 Å². The van der Waals surface area contributed by atoms with E-state index in [1.54, 1.807) is 10.7 Å². The SMILES string of the molecule is Cc1ccc2c(C(=O)NCC3(Cn4nc(C)cc4C)CC3)cnn2c1. The molecule has 1 fully saturated rings. The van der Waals surface area contributed by atoms with Gasteiger partial charge in [0.2, 0.25) is 0 Å². The van der Waals surface area contributed by atoms with Gasteiger partial charge in [-0.1, -0.05) is 6.07 Å². The number of carbonyl (C=O) groups excluding carboxylic acids is 1. The third kappa shape index (κ3) is 3.04. The molecule has 1 aliphatic rings. The van der Waals surface area contributed by atoms with Crippen molar-refractivity contribution in [3.63, 3.8) is 0 Å². The van der Waals surface area contributed by atoms with Gasteiger partial charge in [-0.2, -0.15) is 10.2 Å². The van der Waals surface area contributed by atoms with Crippen molar-refractivity contribution in [3.8, 4) is 0 Å². The van der Waals surface area contributed by atoms with Crippen molar-refractivity contribution in [2.24, 2.45) is 5.41 Å². The molecule has 3 aromatic heterocycles. The molecule has 0 aromatic carbocycles. The first kappa shape index (κ1) is 15.9. The number of rotatable bonds is 5. The lowest BCUT2D eigenvalue weighted by atomic mass is 10.1. The quantitative estimate of drug-likeness (QED) is 0.778. The Balaban J connectivity index is 1.45. The van der Waals surface area contributed by atoms with Crippen LogP contribution in [0.4, 0.5) is 0 Å². The Bertz CT molecular complexity index is 948. The molecule has 0 bridgehead atoms. The third-order valence-corrected chi connectivity index (χ3v) is 5.08. The van der Waals surface area contributed by atoms with Gasteiger partial charge in [0.25, 0.3) is 5.91 Å². The molecule has 1 amide bonds. The summed E-state index contributed by atoms with van der Waals surface area (Å²) in [7, 11) is 0. The molecule has 6 nitrogen and oxygen atoms in total. The fourth-order valence-corrected chi connectivity index (χ4v) is 3.35. The zero-order chi connectivity index (χ0) is 17.6. The number of amides is 1. The number of aromatic nitrogens is 4. The number of carbonyl (C=O) groups is 1. The van der Waals surface area contributed by atoms with Crippen molar-refractivity contribution in [2.75, 3.05) is 6.54 Å². The van der Waals surface area contributed by atoms with Crippen LogP contribution in [0.3, 0.4) is 0 Å². The van der Waals surface area contributed by atoms with Gasteiger partial charge in [0.15, 0.2) is 0 Å². The lowest BCUT2D eigenvalue weighted by Crippen LogP contribution is -2.32. The van der Waals surface area contributed by atoms with Gasteiger partial charge in [0, 0.05) is 30.4 Å². The van der Waals surface area contributed by atoms with Gasteiger partial charge in [0.05, 0.1) is 23.0 Å². The van der Waals surface area contributed by atoms with Crippen molar-refractivity contribution < 1.29 is 4.79 Å². The highest BCUT2D eigenvalue weighted by molar-refractivity contribution is 6.00. The monoisotopic (exact) mass is 337 g/mol. The van der Waals surface area contributed by atoms with E-state index in [0.717, 1.165) is 36.2 Å². The summed E-state index contributed by atoms with van der Waals surface area (Å²) in [6, 6.07) is 6.04. The van der Waals surface area contributed by atoms with E-state index < -0.39 is 0 Å². The predicted molar refractivity (Wildman–Crippen MR) is 95.6 cm³/mol. The molecule has 1 saturated carbocycles. The van der Waals surface area contributed by atoms with Crippen molar-refractivity contribution in [1.82, 2.24) is 24.7 Å². The normalized spacial score (nSPS) is 15.5. The lowest BCUT2D eigenvalue weighted by molar-refractivity contribution is 0.0944. The van der Waals surface area contributed by atoms with E-state index in [0.29, 0.717) is 12.1 Å². The fraction of sp³-hybridized carbons (Fsp3) is 0.421. The highest BCUT2D eigenvalue weighted by Crippen LogP contribution is 2.46. The summed E-state index contributed by atoms with van der Waals surface area (Å²) >= 11 is 0. The number of nitrogens with zero attached hydrogens (tertiary/aromatic N) is 4. The number of nitrogens with one attached hydrogen (secondary N) is 1. The van der Waals surface area contributed by atoms with E-state index >= 15 is 0 Å². The van der Waals surface area contributed by atoms with Gasteiger partial charge in [0.1, 0.15) is 0 Å². The molecule has 0 spiro atoms. The van der Waals surface area contributed by atoms with E-state index in [9.17, 15) is 4.79 Å². The maximum Gasteiger partial charge on any atom is 0.255 e. The molecule has 0 saturated heterocycles. The molecule has 1 aliphatic carbocycles. The molecule has 0 aliphatic heterocycles. The Hall–Kier alpha value is -2.63. The smallest absolute Gasteiger partial charge is 0.255 e. The van der Waals surface area contributed by atoms with E-state index in [1.165, 1.54) is 5.69 Å². The van der Waals surface area contributed by atoms with Crippen LogP contribution in [0, 0.1) is 26.2 Å². The topological polar surface area (TPSA) is 64.2 Å². The van der Waals surface area contributed by atoms with Gasteiger partial charge in [-0.3, -0.25) is 9.48 Å². The zero-order valence-electron chi connectivity index (χ0n) is 14.9. The van der Waals surface area contributed by atoms with Crippen molar-refractivity contribution in [3.05, 3.63) is 53.1 Å². The molecule has 1 N–H and O–H groups in total. The van der Waals surface area contributed by atoms with E-state index in [-0.39, 0.29) is 11.3 Å². The van der Waals surface area contributed by atoms with Crippen LogP contribution in [0.1, 0.15) is 40.2 Å². The Morgan fingerprint density at radius 3 is 2.76 bits per heavy atom. The maximum atomic E-state index is 12.6. The minimum Gasteiger partial charge on any atom is -0.351 e. The van der Waals surface area contributed by atoms with Gasteiger partial charge >= 0.3 is 0 Å². The third-order valence-electron chi connectivity index (χ3n) is 5.08. The maximum absolute atomic E-state index is 12.6. The minimum atomic E-state index is -0.0569. The summed E-state index contributed by atoms with van der Waals surface area (Å²) in [4.78, 5) is 12.6. The average Bonchev–Trinajstić information content (AvgIpc) is 3.08. The van der Waals surface area contributed by atoms with Crippen LogP contribution in [0.2, 0.25) is 0 Å². The standard InChI is InChI=1S/C19H23N5O/c1-13-4-5-17-16(9-21-23(17)10-13)18(25)20-11-19(6-7-19)12-24-15(3)8-14(2)22-24/h4-5,8-10H,6-7,11-12H2,1-3H3,(H,20,25). The number of hydrogen-bond donors (Lipinski definition) is 1. The van der Waals surface area contributed by atoms with Crippen LogP contribution < -0.4 is 5.32 Å². The Labute approximate surface area is 146 Å². The van der Waals surface area contributed by atoms with E-state index in [1.807, 2.05) is 32.2 Å². The first-order valence-electron chi connectivity index (χ1n) is 8.69. The Kier molecular flexibility index (Phi) is 3.63. The van der Waals surface area contributed by atoms with Crippen LogP contribution in [0.25, 0.3) is 5.52 Å². The second-order valence-electron chi connectivity index (χ2n) is 7.36. The second kappa shape index (κ2) is 5.72. The summed E-state index contributed by atoms with van der Waals surface area (Å²) in [6.45, 7) is 7.64. The van der Waals surface area contributed by atoms with Gasteiger partial charge in [-0.15, -0.1) is 0 Å². The van der Waals surface area contributed by atoms with Crippen molar-refractivity contribution in [1.29, 1.82) is 0 Å². The highest BCUT2D eigenvalue weighted by Gasteiger charge is 2.43. The largest absolute Gasteiger partial charge is 0.351 e. The molecule has 4 rings (SSSR count). The molecule has 130 valence electrons. The highest BCUT2D eigenvalue weighted by atomic mass is 16.1. The van der Waals surface area contributed by atoms with Crippen LogP contribution in [0.15, 0.2) is 30.6 Å². The molecule has 0 unspecified atom stereocenters. The molecule has 3 aromatic rings. The van der Waals surface area contributed by atoms with Crippen LogP contribution >= 0.6 is 0 Å². The lowest BCUT2D eigenvalue weighted by Gasteiger charge is -2.17. The van der Waals surface area contributed by atoms with Crippen LogP contribution in [-0.4, -0.2) is 31.8 Å². The molecule has 0 atom stereocenters.